The highest BCUT2D eigenvalue weighted by molar-refractivity contribution is 5.94. The summed E-state index contributed by atoms with van der Waals surface area (Å²) in [6.07, 6.45) is 0. The van der Waals surface area contributed by atoms with Crippen LogP contribution in [0.1, 0.15) is 5.56 Å². The van der Waals surface area contributed by atoms with Crippen molar-refractivity contribution in [3.8, 4) is 0 Å². The molecule has 2 aromatic carbocycles. The quantitative estimate of drug-likeness (QED) is 0.656. The van der Waals surface area contributed by atoms with Crippen LogP contribution in [0.2, 0.25) is 0 Å². The topological polar surface area (TPSA) is 84.3 Å². The summed E-state index contributed by atoms with van der Waals surface area (Å²) >= 11 is 0. The van der Waals surface area contributed by atoms with Crippen molar-refractivity contribution in [1.29, 1.82) is 0 Å². The van der Waals surface area contributed by atoms with E-state index in [-0.39, 0.29) is 12.5 Å². The van der Waals surface area contributed by atoms with Crippen molar-refractivity contribution in [2.75, 3.05) is 17.2 Å². The number of halogens is 1. The molecular weight excluding hydrogens is 289 g/mol. The maximum absolute atomic E-state index is 13.2. The van der Waals surface area contributed by atoms with Gasteiger partial charge in [0, 0.05) is 17.4 Å². The summed E-state index contributed by atoms with van der Waals surface area (Å²) in [7, 11) is 0. The first-order chi connectivity index (χ1) is 10.5. The Hall–Kier alpha value is -2.96. The number of nitrogens with one attached hydrogen (secondary N) is 2. The van der Waals surface area contributed by atoms with Crippen molar-refractivity contribution in [2.45, 2.75) is 6.92 Å². The number of hydrogen-bond donors (Lipinski definition) is 2. The standard InChI is InChI=1S/C15H14FN3O3/c1-10-4-2-3-5-13(10)18-15(20)9-17-11-6-7-12(16)14(8-11)19(21)22/h2-8,17H,9H2,1H3,(H,18,20). The average molecular weight is 303 g/mol. The van der Waals surface area contributed by atoms with E-state index in [0.29, 0.717) is 11.4 Å². The van der Waals surface area contributed by atoms with Crippen LogP contribution < -0.4 is 10.6 Å². The molecule has 1 amide bonds. The largest absolute Gasteiger partial charge is 0.376 e. The summed E-state index contributed by atoms with van der Waals surface area (Å²) < 4.78 is 13.2. The van der Waals surface area contributed by atoms with Gasteiger partial charge in [-0.05, 0) is 30.7 Å². The second-order valence-electron chi connectivity index (χ2n) is 4.64. The smallest absolute Gasteiger partial charge is 0.306 e. The van der Waals surface area contributed by atoms with Gasteiger partial charge in [-0.1, -0.05) is 18.2 Å². The second-order valence-corrected chi connectivity index (χ2v) is 4.64. The Morgan fingerprint density at radius 3 is 2.68 bits per heavy atom. The number of nitro groups is 1. The number of aryl methyl sites for hydroxylation is 1. The van der Waals surface area contributed by atoms with Crippen molar-refractivity contribution in [3.63, 3.8) is 0 Å². The Bertz CT molecular complexity index is 719. The van der Waals surface area contributed by atoms with Crippen LogP contribution in [-0.2, 0) is 4.79 Å². The molecule has 2 N–H and O–H groups in total. The predicted octanol–water partition coefficient (Wildman–Crippen LogP) is 3.09. The zero-order valence-electron chi connectivity index (χ0n) is 11.8. The van der Waals surface area contributed by atoms with Crippen molar-refractivity contribution in [2.24, 2.45) is 0 Å². The van der Waals surface area contributed by atoms with Gasteiger partial charge in [0.2, 0.25) is 11.7 Å². The van der Waals surface area contributed by atoms with Crippen molar-refractivity contribution < 1.29 is 14.1 Å². The normalized spacial score (nSPS) is 10.1. The highest BCUT2D eigenvalue weighted by atomic mass is 19.1. The molecule has 0 saturated carbocycles. The van der Waals surface area contributed by atoms with Crippen molar-refractivity contribution in [3.05, 3.63) is 64.0 Å². The SMILES string of the molecule is Cc1ccccc1NC(=O)CNc1ccc(F)c([N+](=O)[O-])c1. The molecule has 114 valence electrons. The monoisotopic (exact) mass is 303 g/mol. The fourth-order valence-electron chi connectivity index (χ4n) is 1.85. The number of amides is 1. The van der Waals surface area contributed by atoms with Crippen LogP contribution in [0.15, 0.2) is 42.5 Å². The van der Waals surface area contributed by atoms with Gasteiger partial charge in [0.15, 0.2) is 0 Å². The molecule has 6 nitrogen and oxygen atoms in total. The molecule has 0 atom stereocenters. The fraction of sp³-hybridized carbons (Fsp3) is 0.133. The van der Waals surface area contributed by atoms with Gasteiger partial charge in [-0.15, -0.1) is 0 Å². The Labute approximate surface area is 126 Å². The molecule has 0 saturated heterocycles. The van der Waals surface area contributed by atoms with E-state index >= 15 is 0 Å². The summed E-state index contributed by atoms with van der Waals surface area (Å²) in [6.45, 7) is 1.78. The summed E-state index contributed by atoms with van der Waals surface area (Å²) in [5, 5.41) is 16.1. The van der Waals surface area contributed by atoms with Crippen LogP contribution in [-0.4, -0.2) is 17.4 Å². The van der Waals surface area contributed by atoms with Gasteiger partial charge >= 0.3 is 5.69 Å². The summed E-state index contributed by atoms with van der Waals surface area (Å²) in [6, 6.07) is 10.7. The molecule has 2 rings (SSSR count). The number of benzene rings is 2. The molecule has 0 bridgehead atoms. The number of carbonyl (C=O) groups is 1. The van der Waals surface area contributed by atoms with E-state index in [1.54, 1.807) is 12.1 Å². The molecular formula is C15H14FN3O3. The molecule has 0 aliphatic rings. The minimum atomic E-state index is -0.917. The lowest BCUT2D eigenvalue weighted by molar-refractivity contribution is -0.387. The van der Waals surface area contributed by atoms with Crippen LogP contribution in [0.5, 0.6) is 0 Å². The molecule has 0 aliphatic carbocycles. The fourth-order valence-corrected chi connectivity index (χ4v) is 1.85. The maximum Gasteiger partial charge on any atom is 0.306 e. The van der Waals surface area contributed by atoms with E-state index in [1.807, 2.05) is 19.1 Å². The van der Waals surface area contributed by atoms with E-state index in [0.717, 1.165) is 17.7 Å². The van der Waals surface area contributed by atoms with E-state index in [9.17, 15) is 19.3 Å². The van der Waals surface area contributed by atoms with Crippen LogP contribution in [0.25, 0.3) is 0 Å². The Morgan fingerprint density at radius 2 is 2.00 bits per heavy atom. The minimum Gasteiger partial charge on any atom is -0.376 e. The molecule has 7 heteroatoms. The second kappa shape index (κ2) is 6.66. The molecule has 0 unspecified atom stereocenters. The Balaban J connectivity index is 1.98. The van der Waals surface area contributed by atoms with Gasteiger partial charge in [0.05, 0.1) is 11.5 Å². The summed E-state index contributed by atoms with van der Waals surface area (Å²) in [5.41, 5.74) is 1.28. The van der Waals surface area contributed by atoms with Crippen LogP contribution in [0.4, 0.5) is 21.5 Å². The summed E-state index contributed by atoms with van der Waals surface area (Å²) in [5.74, 6) is -1.22. The third-order valence-electron chi connectivity index (χ3n) is 3.02. The van der Waals surface area contributed by atoms with Gasteiger partial charge in [-0.25, -0.2) is 0 Å². The minimum absolute atomic E-state index is 0.0862. The molecule has 0 fully saturated rings. The van der Waals surface area contributed by atoms with Gasteiger partial charge in [0.1, 0.15) is 0 Å². The van der Waals surface area contributed by atoms with Gasteiger partial charge in [-0.2, -0.15) is 4.39 Å². The lowest BCUT2D eigenvalue weighted by Gasteiger charge is -2.09. The first-order valence-electron chi connectivity index (χ1n) is 6.50. The van der Waals surface area contributed by atoms with E-state index in [4.69, 9.17) is 0 Å². The number of nitrogens with zero attached hydrogens (tertiary/aromatic N) is 1. The van der Waals surface area contributed by atoms with Gasteiger partial charge in [-0.3, -0.25) is 14.9 Å². The molecule has 0 spiro atoms. The van der Waals surface area contributed by atoms with E-state index in [1.165, 1.54) is 6.07 Å². The molecule has 0 aromatic heterocycles. The third kappa shape index (κ3) is 3.78. The molecule has 22 heavy (non-hydrogen) atoms. The highest BCUT2D eigenvalue weighted by Crippen LogP contribution is 2.21. The number of para-hydroxylation sites is 1. The van der Waals surface area contributed by atoms with Crippen LogP contribution >= 0.6 is 0 Å². The van der Waals surface area contributed by atoms with Crippen LogP contribution in [0.3, 0.4) is 0 Å². The third-order valence-corrected chi connectivity index (χ3v) is 3.02. The Morgan fingerprint density at radius 1 is 1.27 bits per heavy atom. The lowest BCUT2D eigenvalue weighted by Crippen LogP contribution is -2.22. The Kier molecular flexibility index (Phi) is 4.67. The predicted molar refractivity (Wildman–Crippen MR) is 81.4 cm³/mol. The number of nitro benzene ring substituents is 1. The van der Waals surface area contributed by atoms with Crippen molar-refractivity contribution in [1.82, 2.24) is 0 Å². The first-order valence-corrected chi connectivity index (χ1v) is 6.50. The molecule has 0 aliphatic heterocycles. The zero-order valence-corrected chi connectivity index (χ0v) is 11.8. The molecule has 2 aromatic rings. The average Bonchev–Trinajstić information content (AvgIpc) is 2.48. The number of rotatable bonds is 5. The van der Waals surface area contributed by atoms with Gasteiger partial charge < -0.3 is 10.6 Å². The molecule has 0 radical (unpaired) electrons. The molecule has 0 heterocycles. The van der Waals surface area contributed by atoms with E-state index in [2.05, 4.69) is 10.6 Å². The summed E-state index contributed by atoms with van der Waals surface area (Å²) in [4.78, 5) is 21.7. The van der Waals surface area contributed by atoms with Gasteiger partial charge in [0.25, 0.3) is 0 Å². The van der Waals surface area contributed by atoms with Crippen LogP contribution in [0, 0.1) is 22.9 Å². The number of hydrogen-bond acceptors (Lipinski definition) is 4. The maximum atomic E-state index is 13.2. The van der Waals surface area contributed by atoms with Crippen molar-refractivity contribution >= 4 is 23.0 Å². The zero-order chi connectivity index (χ0) is 16.1. The first kappa shape index (κ1) is 15.4. The number of anilines is 2. The number of carbonyl (C=O) groups excluding carboxylic acids is 1. The highest BCUT2D eigenvalue weighted by Gasteiger charge is 2.14. The van der Waals surface area contributed by atoms with E-state index < -0.39 is 16.4 Å². The lowest BCUT2D eigenvalue weighted by atomic mass is 10.2.